The number of hydrogen-bond acceptors (Lipinski definition) is 1. The van der Waals surface area contributed by atoms with Crippen molar-refractivity contribution in [2.45, 2.75) is 44.9 Å². The highest BCUT2D eigenvalue weighted by Gasteiger charge is 1.89. The maximum absolute atomic E-state index is 9.83. The molecule has 2 nitrogen and oxygen atoms in total. The normalized spacial score (nSPS) is 9.75. The average Bonchev–Trinajstić information content (AvgIpc) is 2.10. The first-order chi connectivity index (χ1) is 5.91. The smallest absolute Gasteiger partial charge is 0.207 e. The summed E-state index contributed by atoms with van der Waals surface area (Å²) in [5.74, 6) is 0. The molecule has 0 aromatic carbocycles. The van der Waals surface area contributed by atoms with Crippen LogP contribution in [0.1, 0.15) is 44.9 Å². The minimum Gasteiger partial charge on any atom is -0.354 e. The van der Waals surface area contributed by atoms with E-state index in [0.717, 1.165) is 12.8 Å². The average molecular weight is 169 g/mol. The molecular weight excluding hydrogens is 150 g/mol. The summed E-state index contributed by atoms with van der Waals surface area (Å²) in [6.45, 7) is 5.60. The van der Waals surface area contributed by atoms with Crippen molar-refractivity contribution in [1.29, 1.82) is 0 Å². The first-order valence-electron chi connectivity index (χ1n) is 4.72. The molecular formula is C10H19NO. The summed E-state index contributed by atoms with van der Waals surface area (Å²) < 4.78 is 0. The van der Waals surface area contributed by atoms with Gasteiger partial charge in [0.1, 0.15) is 0 Å². The Morgan fingerprint density at radius 2 is 1.75 bits per heavy atom. The van der Waals surface area contributed by atoms with Gasteiger partial charge < -0.3 is 5.32 Å². The molecule has 0 saturated heterocycles. The lowest BCUT2D eigenvalue weighted by atomic mass is 10.1. The van der Waals surface area contributed by atoms with Crippen LogP contribution in [0.2, 0.25) is 0 Å². The lowest BCUT2D eigenvalue weighted by Crippen LogP contribution is -2.05. The maximum atomic E-state index is 9.83. The van der Waals surface area contributed by atoms with Gasteiger partial charge in [0.2, 0.25) is 6.41 Å². The van der Waals surface area contributed by atoms with Gasteiger partial charge in [-0.2, -0.15) is 0 Å². The molecule has 70 valence electrons. The minimum atomic E-state index is 0.711. The molecule has 1 amide bonds. The molecule has 0 bridgehead atoms. The molecule has 0 spiro atoms. The van der Waals surface area contributed by atoms with E-state index >= 15 is 0 Å². The number of carbonyl (C=O) groups excluding carboxylic acids is 1. The van der Waals surface area contributed by atoms with Gasteiger partial charge in [0, 0.05) is 6.54 Å². The van der Waals surface area contributed by atoms with Crippen LogP contribution in [-0.2, 0) is 4.79 Å². The first kappa shape index (κ1) is 11.5. The summed E-state index contributed by atoms with van der Waals surface area (Å²) in [7, 11) is 0. The number of unbranched alkanes of at least 4 members (excludes halogenated alkanes) is 6. The van der Waals surface area contributed by atoms with E-state index in [9.17, 15) is 4.79 Å². The minimum absolute atomic E-state index is 0.711. The number of carbonyl (C=O) groups is 1. The number of nitrogens with one attached hydrogen (secondary N) is 1. The highest BCUT2D eigenvalue weighted by molar-refractivity contribution is 5.46. The zero-order valence-corrected chi connectivity index (χ0v) is 7.72. The Morgan fingerprint density at radius 1 is 1.08 bits per heavy atom. The lowest BCUT2D eigenvalue weighted by molar-refractivity contribution is -0.109. The van der Waals surface area contributed by atoms with Gasteiger partial charge in [-0.25, -0.2) is 0 Å². The summed E-state index contributed by atoms with van der Waals surface area (Å²) in [6, 6.07) is 0. The summed E-state index contributed by atoms with van der Waals surface area (Å²) >= 11 is 0. The fraction of sp³-hybridized carbons (Fsp3) is 0.700. The number of amides is 1. The van der Waals surface area contributed by atoms with Crippen LogP contribution in [0.3, 0.4) is 0 Å². The van der Waals surface area contributed by atoms with Gasteiger partial charge in [0.05, 0.1) is 0 Å². The van der Waals surface area contributed by atoms with E-state index in [1.54, 1.807) is 0 Å². The van der Waals surface area contributed by atoms with Crippen molar-refractivity contribution < 1.29 is 4.79 Å². The molecule has 0 saturated carbocycles. The van der Waals surface area contributed by atoms with Gasteiger partial charge in [0.15, 0.2) is 0 Å². The van der Waals surface area contributed by atoms with Crippen molar-refractivity contribution in [3.63, 3.8) is 0 Å². The predicted molar refractivity (Wildman–Crippen MR) is 51.2 cm³/mol. The van der Waals surface area contributed by atoms with Crippen LogP contribution < -0.4 is 5.32 Å². The fourth-order valence-electron chi connectivity index (χ4n) is 1.08. The zero-order valence-electron chi connectivity index (χ0n) is 7.72. The second-order valence-corrected chi connectivity index (χ2v) is 2.90. The van der Waals surface area contributed by atoms with Crippen molar-refractivity contribution in [3.05, 3.63) is 13.5 Å². The topological polar surface area (TPSA) is 29.1 Å². The molecule has 0 aliphatic rings. The van der Waals surface area contributed by atoms with Crippen LogP contribution in [0, 0.1) is 13.5 Å². The molecule has 1 N–H and O–H groups in total. The quantitative estimate of drug-likeness (QED) is 0.417. The summed E-state index contributed by atoms with van der Waals surface area (Å²) in [6.07, 6.45) is 9.03. The summed E-state index contributed by atoms with van der Waals surface area (Å²) in [5.41, 5.74) is 0. The summed E-state index contributed by atoms with van der Waals surface area (Å²) in [4.78, 5) is 9.83. The van der Waals surface area contributed by atoms with Crippen LogP contribution in [0.5, 0.6) is 0 Å². The Hall–Kier alpha value is -0.530. The van der Waals surface area contributed by atoms with Crippen molar-refractivity contribution in [3.8, 4) is 0 Å². The molecule has 0 fully saturated rings. The molecule has 0 atom stereocenters. The predicted octanol–water partition coefficient (Wildman–Crippen LogP) is 2.46. The van der Waals surface area contributed by atoms with Gasteiger partial charge in [0.25, 0.3) is 0 Å². The zero-order chi connectivity index (χ0) is 9.07. The number of rotatable bonds is 9. The van der Waals surface area contributed by atoms with E-state index < -0.39 is 0 Å². The molecule has 0 aliphatic carbocycles. The van der Waals surface area contributed by atoms with E-state index in [1.807, 2.05) is 6.54 Å². The SMILES string of the molecule is [CH2]CCCCCCC[CH]NC=O. The van der Waals surface area contributed by atoms with Gasteiger partial charge in [-0.1, -0.05) is 45.4 Å². The van der Waals surface area contributed by atoms with Gasteiger partial charge in [-0.05, 0) is 6.42 Å². The highest BCUT2D eigenvalue weighted by atomic mass is 16.1. The van der Waals surface area contributed by atoms with Crippen molar-refractivity contribution >= 4 is 6.41 Å². The third-order valence-corrected chi connectivity index (χ3v) is 1.78. The maximum Gasteiger partial charge on any atom is 0.207 e. The second-order valence-electron chi connectivity index (χ2n) is 2.90. The molecule has 0 aromatic heterocycles. The molecule has 0 rings (SSSR count). The van der Waals surface area contributed by atoms with E-state index in [4.69, 9.17) is 0 Å². The van der Waals surface area contributed by atoms with Gasteiger partial charge >= 0.3 is 0 Å². The molecule has 12 heavy (non-hydrogen) atoms. The Morgan fingerprint density at radius 3 is 2.42 bits per heavy atom. The van der Waals surface area contributed by atoms with E-state index in [1.165, 1.54) is 32.1 Å². The third-order valence-electron chi connectivity index (χ3n) is 1.78. The Balaban J connectivity index is 2.77. The lowest BCUT2D eigenvalue weighted by Gasteiger charge is -1.99. The molecule has 2 radical (unpaired) electrons. The van der Waals surface area contributed by atoms with Gasteiger partial charge in [-0.15, -0.1) is 0 Å². The molecule has 2 heteroatoms. The van der Waals surface area contributed by atoms with Crippen molar-refractivity contribution in [2.75, 3.05) is 0 Å². The van der Waals surface area contributed by atoms with Crippen molar-refractivity contribution in [1.82, 2.24) is 5.32 Å². The van der Waals surface area contributed by atoms with E-state index in [2.05, 4.69) is 12.2 Å². The van der Waals surface area contributed by atoms with Crippen LogP contribution >= 0.6 is 0 Å². The van der Waals surface area contributed by atoms with Crippen LogP contribution in [-0.4, -0.2) is 6.41 Å². The van der Waals surface area contributed by atoms with Crippen LogP contribution in [0.25, 0.3) is 0 Å². The fourth-order valence-corrected chi connectivity index (χ4v) is 1.08. The van der Waals surface area contributed by atoms with E-state index in [0.29, 0.717) is 6.41 Å². The molecule has 0 heterocycles. The Kier molecular flexibility index (Phi) is 10.0. The highest BCUT2D eigenvalue weighted by Crippen LogP contribution is 2.06. The Bertz CT molecular complexity index is 93.8. The number of hydrogen-bond donors (Lipinski definition) is 1. The van der Waals surface area contributed by atoms with Crippen molar-refractivity contribution in [2.24, 2.45) is 0 Å². The second kappa shape index (κ2) is 10.5. The molecule has 0 unspecified atom stereocenters. The molecule has 0 aromatic rings. The van der Waals surface area contributed by atoms with E-state index in [-0.39, 0.29) is 0 Å². The van der Waals surface area contributed by atoms with Gasteiger partial charge in [-0.3, -0.25) is 4.79 Å². The third kappa shape index (κ3) is 9.47. The molecule has 0 aliphatic heterocycles. The first-order valence-corrected chi connectivity index (χ1v) is 4.72. The van der Waals surface area contributed by atoms with Crippen LogP contribution in [0.4, 0.5) is 0 Å². The standard InChI is InChI=1S/C10H19NO/c1-2-3-4-5-6-7-8-9-11-10-12/h9-10H,1-8H2,(H,11,12). The largest absolute Gasteiger partial charge is 0.354 e. The summed E-state index contributed by atoms with van der Waals surface area (Å²) in [5, 5.41) is 2.53. The Labute approximate surface area is 75.7 Å². The van der Waals surface area contributed by atoms with Crippen LogP contribution in [0.15, 0.2) is 0 Å². The monoisotopic (exact) mass is 169 g/mol.